The number of carbonyl (C=O) groups excluding carboxylic acids is 1. The molecule has 3 heterocycles. The zero-order valence-electron chi connectivity index (χ0n) is 17.0. The molecule has 4 rings (SSSR count). The van der Waals surface area contributed by atoms with E-state index in [1.807, 2.05) is 0 Å². The molecule has 0 unspecified atom stereocenters. The molecule has 1 aromatic carbocycles. The van der Waals surface area contributed by atoms with Crippen molar-refractivity contribution in [1.82, 2.24) is 29.9 Å². The molecule has 0 fully saturated rings. The van der Waals surface area contributed by atoms with E-state index >= 15 is 0 Å². The molecular formula is C21H14F6N6O. The fourth-order valence-electron chi connectivity index (χ4n) is 3.17. The molecule has 0 radical (unpaired) electrons. The summed E-state index contributed by atoms with van der Waals surface area (Å²) in [6, 6.07) is 8.07. The zero-order valence-corrected chi connectivity index (χ0v) is 17.0. The van der Waals surface area contributed by atoms with E-state index in [0.717, 1.165) is 18.2 Å². The van der Waals surface area contributed by atoms with Gasteiger partial charge in [0.25, 0.3) is 5.91 Å². The number of pyridine rings is 1. The van der Waals surface area contributed by atoms with Gasteiger partial charge in [-0.15, -0.1) is 0 Å². The Morgan fingerprint density at radius 1 is 0.941 bits per heavy atom. The van der Waals surface area contributed by atoms with Crippen LogP contribution in [-0.4, -0.2) is 30.5 Å². The molecule has 4 aromatic rings. The summed E-state index contributed by atoms with van der Waals surface area (Å²) in [7, 11) is 0. The van der Waals surface area contributed by atoms with Crippen LogP contribution in [0.25, 0.3) is 11.5 Å². The molecule has 34 heavy (non-hydrogen) atoms. The van der Waals surface area contributed by atoms with Crippen LogP contribution in [0.2, 0.25) is 0 Å². The Balaban J connectivity index is 1.61. The molecule has 0 aliphatic carbocycles. The van der Waals surface area contributed by atoms with E-state index < -0.39 is 40.8 Å². The first kappa shape index (κ1) is 23.0. The molecule has 0 aliphatic rings. The predicted octanol–water partition coefficient (Wildman–Crippen LogP) is 4.42. The first-order valence-corrected chi connectivity index (χ1v) is 9.60. The minimum Gasteiger partial charge on any atom is -0.348 e. The second-order valence-electron chi connectivity index (χ2n) is 7.02. The van der Waals surface area contributed by atoms with E-state index in [-0.39, 0.29) is 11.2 Å². The van der Waals surface area contributed by atoms with Gasteiger partial charge in [0.05, 0.1) is 23.0 Å². The summed E-state index contributed by atoms with van der Waals surface area (Å²) < 4.78 is 82.2. The average Bonchev–Trinajstić information content (AvgIpc) is 3.47. The number of amides is 1. The monoisotopic (exact) mass is 480 g/mol. The van der Waals surface area contributed by atoms with Crippen molar-refractivity contribution in [2.75, 3.05) is 0 Å². The highest BCUT2D eigenvalue weighted by Crippen LogP contribution is 2.35. The first-order valence-electron chi connectivity index (χ1n) is 9.60. The number of aromatic nitrogens is 5. The SMILES string of the molecule is O=C(NCc1ccnc(-n2cccn2)c1)c1cnn(-c2cccc(C(F)(F)F)c2)c1C(F)(F)F. The molecule has 0 bridgehead atoms. The Kier molecular flexibility index (Phi) is 5.85. The van der Waals surface area contributed by atoms with Gasteiger partial charge in [-0.05, 0) is 42.0 Å². The van der Waals surface area contributed by atoms with Gasteiger partial charge in [0.1, 0.15) is 0 Å². The van der Waals surface area contributed by atoms with E-state index in [0.29, 0.717) is 23.6 Å². The lowest BCUT2D eigenvalue weighted by Gasteiger charge is -2.14. The normalized spacial score (nSPS) is 12.1. The Morgan fingerprint density at radius 2 is 1.74 bits per heavy atom. The average molecular weight is 480 g/mol. The van der Waals surface area contributed by atoms with Crippen molar-refractivity contribution in [2.24, 2.45) is 0 Å². The topological polar surface area (TPSA) is 77.6 Å². The van der Waals surface area contributed by atoms with Gasteiger partial charge in [-0.25, -0.2) is 14.3 Å². The number of carbonyl (C=O) groups is 1. The van der Waals surface area contributed by atoms with Crippen LogP contribution in [0.1, 0.15) is 27.2 Å². The number of alkyl halides is 6. The summed E-state index contributed by atoms with van der Waals surface area (Å²) in [6.45, 7) is -0.137. The van der Waals surface area contributed by atoms with Crippen molar-refractivity contribution in [3.63, 3.8) is 0 Å². The fourth-order valence-corrected chi connectivity index (χ4v) is 3.17. The standard InChI is InChI=1S/C21H14F6N6O/c22-20(23,24)14-3-1-4-15(10-14)33-18(21(25,26)27)16(12-31-33)19(34)29-11-13-5-7-28-17(9-13)32-8-2-6-30-32/h1-10,12H,11H2,(H,29,34). The lowest BCUT2D eigenvalue weighted by molar-refractivity contribution is -0.143. The van der Waals surface area contributed by atoms with E-state index in [1.165, 1.54) is 17.1 Å². The molecular weight excluding hydrogens is 466 g/mol. The Labute approximate surface area is 187 Å². The van der Waals surface area contributed by atoms with E-state index in [2.05, 4.69) is 20.5 Å². The highest BCUT2D eigenvalue weighted by Gasteiger charge is 2.41. The lowest BCUT2D eigenvalue weighted by atomic mass is 10.1. The highest BCUT2D eigenvalue weighted by atomic mass is 19.4. The quantitative estimate of drug-likeness (QED) is 0.429. The van der Waals surface area contributed by atoms with Crippen molar-refractivity contribution in [3.05, 3.63) is 89.6 Å². The van der Waals surface area contributed by atoms with Gasteiger partial charge in [-0.3, -0.25) is 4.79 Å². The highest BCUT2D eigenvalue weighted by molar-refractivity contribution is 5.95. The van der Waals surface area contributed by atoms with Gasteiger partial charge in [0.2, 0.25) is 0 Å². The zero-order chi connectivity index (χ0) is 24.5. The molecule has 0 aliphatic heterocycles. The third-order valence-electron chi connectivity index (χ3n) is 4.70. The van der Waals surface area contributed by atoms with Crippen molar-refractivity contribution in [3.8, 4) is 11.5 Å². The largest absolute Gasteiger partial charge is 0.434 e. The summed E-state index contributed by atoms with van der Waals surface area (Å²) in [5.41, 5.74) is -3.42. The van der Waals surface area contributed by atoms with Crippen molar-refractivity contribution in [2.45, 2.75) is 18.9 Å². The predicted molar refractivity (Wildman–Crippen MR) is 106 cm³/mol. The second kappa shape index (κ2) is 8.65. The fraction of sp³-hybridized carbons (Fsp3) is 0.143. The summed E-state index contributed by atoms with van der Waals surface area (Å²) >= 11 is 0. The van der Waals surface area contributed by atoms with Gasteiger partial charge in [-0.2, -0.15) is 36.5 Å². The molecule has 176 valence electrons. The smallest absolute Gasteiger partial charge is 0.348 e. The van der Waals surface area contributed by atoms with Crippen LogP contribution < -0.4 is 5.32 Å². The molecule has 0 atom stereocenters. The Morgan fingerprint density at radius 3 is 2.41 bits per heavy atom. The number of nitrogens with one attached hydrogen (secondary N) is 1. The number of hydrogen-bond acceptors (Lipinski definition) is 4. The number of nitrogens with zero attached hydrogens (tertiary/aromatic N) is 5. The van der Waals surface area contributed by atoms with Crippen LogP contribution in [0.15, 0.2) is 67.3 Å². The van der Waals surface area contributed by atoms with Gasteiger partial charge in [0.15, 0.2) is 11.5 Å². The molecule has 1 amide bonds. The summed E-state index contributed by atoms with van der Waals surface area (Å²) in [6.07, 6.45) is -4.53. The Hall–Kier alpha value is -4.16. The van der Waals surface area contributed by atoms with Crippen LogP contribution in [0.4, 0.5) is 26.3 Å². The number of benzene rings is 1. The van der Waals surface area contributed by atoms with Crippen molar-refractivity contribution in [1.29, 1.82) is 0 Å². The van der Waals surface area contributed by atoms with E-state index in [1.54, 1.807) is 24.4 Å². The summed E-state index contributed by atoms with van der Waals surface area (Å²) in [4.78, 5) is 16.7. The van der Waals surface area contributed by atoms with Gasteiger partial charge < -0.3 is 5.32 Å². The molecule has 1 N–H and O–H groups in total. The van der Waals surface area contributed by atoms with Crippen LogP contribution in [0.3, 0.4) is 0 Å². The summed E-state index contributed by atoms with van der Waals surface area (Å²) in [5, 5.41) is 9.94. The lowest BCUT2D eigenvalue weighted by Crippen LogP contribution is -2.26. The van der Waals surface area contributed by atoms with Crippen molar-refractivity contribution < 1.29 is 31.1 Å². The summed E-state index contributed by atoms with van der Waals surface area (Å²) in [5.74, 6) is -0.659. The molecule has 7 nitrogen and oxygen atoms in total. The molecule has 0 spiro atoms. The Bertz CT molecular complexity index is 1310. The maximum Gasteiger partial charge on any atom is 0.434 e. The number of halogens is 6. The number of rotatable bonds is 5. The van der Waals surface area contributed by atoms with Crippen LogP contribution in [0.5, 0.6) is 0 Å². The molecule has 3 aromatic heterocycles. The maximum absolute atomic E-state index is 13.8. The minimum atomic E-state index is -5.07. The van der Waals surface area contributed by atoms with Crippen LogP contribution in [0, 0.1) is 0 Å². The van der Waals surface area contributed by atoms with Gasteiger partial charge >= 0.3 is 12.4 Å². The van der Waals surface area contributed by atoms with Crippen LogP contribution >= 0.6 is 0 Å². The number of hydrogen-bond donors (Lipinski definition) is 1. The van der Waals surface area contributed by atoms with Crippen molar-refractivity contribution >= 4 is 5.91 Å². The molecule has 13 heteroatoms. The molecule has 0 saturated carbocycles. The minimum absolute atomic E-state index is 0.137. The van der Waals surface area contributed by atoms with Gasteiger partial charge in [-0.1, -0.05) is 6.07 Å². The van der Waals surface area contributed by atoms with Crippen LogP contribution in [-0.2, 0) is 18.9 Å². The maximum atomic E-state index is 13.8. The van der Waals surface area contributed by atoms with E-state index in [4.69, 9.17) is 0 Å². The molecule has 0 saturated heterocycles. The second-order valence-corrected chi connectivity index (χ2v) is 7.02. The third-order valence-corrected chi connectivity index (χ3v) is 4.70. The van der Waals surface area contributed by atoms with Gasteiger partial charge in [0, 0.05) is 25.1 Å². The third kappa shape index (κ3) is 4.77. The first-order chi connectivity index (χ1) is 16.0. The van der Waals surface area contributed by atoms with E-state index in [9.17, 15) is 31.1 Å².